The summed E-state index contributed by atoms with van der Waals surface area (Å²) < 4.78 is 10.4. The van der Waals surface area contributed by atoms with Crippen molar-refractivity contribution in [2.24, 2.45) is 5.73 Å². The van der Waals surface area contributed by atoms with Gasteiger partial charge in [-0.05, 0) is 6.42 Å². The molecule has 3 N–H and O–H groups in total. The van der Waals surface area contributed by atoms with Crippen molar-refractivity contribution >= 4 is 5.91 Å². The molecular weight excluding hydrogens is 424 g/mol. The number of hydrogen-bond acceptors (Lipinski definition) is 4. The Balaban J connectivity index is -0.000000259. The maximum atomic E-state index is 11.5. The zero-order valence-corrected chi connectivity index (χ0v) is 24.7. The Labute approximate surface area is 217 Å². The highest BCUT2D eigenvalue weighted by Crippen LogP contribution is 2.11. The van der Waals surface area contributed by atoms with Crippen molar-refractivity contribution in [3.05, 3.63) is 0 Å². The highest BCUT2D eigenvalue weighted by atomic mass is 16.5. The molecule has 0 atom stereocenters. The number of rotatable bonds is 22. The van der Waals surface area contributed by atoms with E-state index in [1.165, 1.54) is 89.9 Å². The summed E-state index contributed by atoms with van der Waals surface area (Å²) in [7, 11) is 0. The van der Waals surface area contributed by atoms with Crippen molar-refractivity contribution in [3.8, 4) is 0 Å². The summed E-state index contributed by atoms with van der Waals surface area (Å²) >= 11 is 0. The fourth-order valence-corrected chi connectivity index (χ4v) is 3.07. The minimum atomic E-state index is -0.0399. The Hall–Kier alpha value is -0.650. The molecule has 0 aliphatic rings. The van der Waals surface area contributed by atoms with E-state index in [9.17, 15) is 4.79 Å². The van der Waals surface area contributed by atoms with Crippen LogP contribution >= 0.6 is 0 Å². The molecule has 0 aliphatic heterocycles. The predicted molar refractivity (Wildman–Crippen MR) is 155 cm³/mol. The van der Waals surface area contributed by atoms with Crippen LogP contribution in [0.25, 0.3) is 0 Å². The summed E-state index contributed by atoms with van der Waals surface area (Å²) in [5, 5.41) is 2.90. The van der Waals surface area contributed by atoms with Crippen LogP contribution in [0.1, 0.15) is 146 Å². The van der Waals surface area contributed by atoms with Gasteiger partial charge >= 0.3 is 0 Å². The lowest BCUT2D eigenvalue weighted by Gasteiger charge is -2.07. The van der Waals surface area contributed by atoms with Gasteiger partial charge in [-0.25, -0.2) is 0 Å². The molecule has 34 heavy (non-hydrogen) atoms. The van der Waals surface area contributed by atoms with Crippen molar-refractivity contribution < 1.29 is 15.7 Å². The average Bonchev–Trinajstić information content (AvgIpc) is 2.87. The topological polar surface area (TPSA) is 73.6 Å². The summed E-state index contributed by atoms with van der Waals surface area (Å²) in [6.45, 7) is 17.5. The highest BCUT2D eigenvalue weighted by molar-refractivity contribution is 5.77. The van der Waals surface area contributed by atoms with E-state index >= 15 is 0 Å². The Morgan fingerprint density at radius 3 is 1.44 bits per heavy atom. The summed E-state index contributed by atoms with van der Waals surface area (Å²) in [6.07, 6.45) is 20.0. The molecule has 5 heteroatoms. The Kier molecular flexibility index (Phi) is 54.6. The van der Waals surface area contributed by atoms with Gasteiger partial charge in [0.05, 0.1) is 19.8 Å². The number of nitrogens with one attached hydrogen (secondary N) is 1. The van der Waals surface area contributed by atoms with E-state index in [4.69, 9.17) is 15.2 Å². The van der Waals surface area contributed by atoms with Crippen LogP contribution in [0.3, 0.4) is 0 Å². The van der Waals surface area contributed by atoms with E-state index < -0.39 is 0 Å². The molecule has 0 saturated carbocycles. The number of carbonyl (C=O) groups is 1. The molecule has 0 bridgehead atoms. The highest BCUT2D eigenvalue weighted by Gasteiger charge is 2.00. The van der Waals surface area contributed by atoms with E-state index in [0.29, 0.717) is 26.4 Å². The number of carbonyl (C=O) groups excluding carboxylic acids is 1. The van der Waals surface area contributed by atoms with Gasteiger partial charge in [-0.3, -0.25) is 4.79 Å². The Morgan fingerprint density at radius 1 is 0.618 bits per heavy atom. The minimum absolute atomic E-state index is 0. The molecule has 0 rings (SSSR count). The molecule has 212 valence electrons. The standard InChI is InChI=1S/C20H42N2O3.C5H12.2C2H6.H2/c1-2-3-4-5-6-7-8-9-10-11-12-13-15-22-20(23)19-25-18-17-24-16-14-21;1-3-5-4-2;2*1-2;/h2-19,21H2,1H3,(H,22,23);3-5H2,1-2H3;2*1-2H3;1H. The Bertz CT molecular complexity index is 320. The van der Waals surface area contributed by atoms with Crippen molar-refractivity contribution in [2.45, 2.75) is 145 Å². The van der Waals surface area contributed by atoms with Crippen LogP contribution in [-0.2, 0) is 14.3 Å². The van der Waals surface area contributed by atoms with Crippen LogP contribution in [0, 0.1) is 0 Å². The molecule has 0 heterocycles. The number of nitrogens with two attached hydrogens (primary N) is 1. The van der Waals surface area contributed by atoms with E-state index in [-0.39, 0.29) is 13.9 Å². The number of hydrogen-bond donors (Lipinski definition) is 2. The number of ether oxygens (including phenoxy) is 2. The SMILES string of the molecule is CC.CC.CCCCC.CCCCCCCCCCCCCCNC(=O)COCCOCCN.[HH]. The summed E-state index contributed by atoms with van der Waals surface area (Å²) in [4.78, 5) is 11.5. The molecule has 0 fully saturated rings. The number of unbranched alkanes of at least 4 members (excludes halogenated alkanes) is 13. The first-order valence-corrected chi connectivity index (χ1v) is 14.8. The van der Waals surface area contributed by atoms with Crippen molar-refractivity contribution in [1.82, 2.24) is 5.32 Å². The van der Waals surface area contributed by atoms with Gasteiger partial charge in [0.2, 0.25) is 5.91 Å². The quantitative estimate of drug-likeness (QED) is 0.149. The van der Waals surface area contributed by atoms with Crippen LogP contribution in [0.2, 0.25) is 0 Å². The molecular formula is C29H68N2O3. The lowest BCUT2D eigenvalue weighted by molar-refractivity contribution is -0.126. The van der Waals surface area contributed by atoms with Crippen LogP contribution in [0.4, 0.5) is 0 Å². The van der Waals surface area contributed by atoms with Crippen LogP contribution in [0.5, 0.6) is 0 Å². The lowest BCUT2D eigenvalue weighted by atomic mass is 10.1. The minimum Gasteiger partial charge on any atom is -0.378 e. The first-order valence-electron chi connectivity index (χ1n) is 14.8. The van der Waals surface area contributed by atoms with Crippen molar-refractivity contribution in [1.29, 1.82) is 0 Å². The third-order valence-corrected chi connectivity index (χ3v) is 4.93. The first-order chi connectivity index (χ1) is 16.7. The van der Waals surface area contributed by atoms with Gasteiger partial charge in [-0.1, -0.05) is 138 Å². The molecule has 0 aromatic carbocycles. The Morgan fingerprint density at radius 2 is 1.03 bits per heavy atom. The molecule has 0 saturated heterocycles. The largest absolute Gasteiger partial charge is 0.378 e. The van der Waals surface area contributed by atoms with Gasteiger partial charge in [0.15, 0.2) is 0 Å². The molecule has 0 aromatic heterocycles. The van der Waals surface area contributed by atoms with Gasteiger partial charge < -0.3 is 20.5 Å². The fraction of sp³-hybridized carbons (Fsp3) is 0.966. The van der Waals surface area contributed by atoms with Crippen molar-refractivity contribution in [2.75, 3.05) is 39.5 Å². The maximum absolute atomic E-state index is 11.5. The van der Waals surface area contributed by atoms with Gasteiger partial charge in [0.25, 0.3) is 0 Å². The molecule has 0 unspecified atom stereocenters. The van der Waals surface area contributed by atoms with Crippen LogP contribution in [-0.4, -0.2) is 45.4 Å². The maximum Gasteiger partial charge on any atom is 0.245 e. The average molecular weight is 493 g/mol. The van der Waals surface area contributed by atoms with E-state index in [0.717, 1.165) is 13.0 Å². The van der Waals surface area contributed by atoms with Crippen molar-refractivity contribution in [3.63, 3.8) is 0 Å². The predicted octanol–water partition coefficient (Wildman–Crippen LogP) is 8.29. The van der Waals surface area contributed by atoms with E-state index in [1.54, 1.807) is 0 Å². The molecule has 5 nitrogen and oxygen atoms in total. The fourth-order valence-electron chi connectivity index (χ4n) is 3.07. The monoisotopic (exact) mass is 493 g/mol. The van der Waals surface area contributed by atoms with E-state index in [1.807, 2.05) is 27.7 Å². The second kappa shape index (κ2) is 45.8. The van der Waals surface area contributed by atoms with Gasteiger partial charge in [0, 0.05) is 14.5 Å². The third-order valence-electron chi connectivity index (χ3n) is 4.93. The third kappa shape index (κ3) is 48.7. The molecule has 0 radical (unpaired) electrons. The second-order valence-corrected chi connectivity index (χ2v) is 8.05. The van der Waals surface area contributed by atoms with Gasteiger partial charge in [-0.2, -0.15) is 0 Å². The molecule has 0 spiro atoms. The zero-order valence-electron chi connectivity index (χ0n) is 24.7. The normalized spacial score (nSPS) is 9.65. The lowest BCUT2D eigenvalue weighted by Crippen LogP contribution is -2.29. The summed E-state index contributed by atoms with van der Waals surface area (Å²) in [6, 6.07) is 0. The van der Waals surface area contributed by atoms with Gasteiger partial charge in [0.1, 0.15) is 6.61 Å². The molecule has 0 aromatic rings. The number of amides is 1. The van der Waals surface area contributed by atoms with Crippen LogP contribution < -0.4 is 11.1 Å². The smallest absolute Gasteiger partial charge is 0.245 e. The molecule has 0 aliphatic carbocycles. The van der Waals surface area contributed by atoms with Gasteiger partial charge in [-0.15, -0.1) is 0 Å². The first kappa shape index (κ1) is 40.5. The zero-order chi connectivity index (χ0) is 26.5. The molecule has 1 amide bonds. The summed E-state index contributed by atoms with van der Waals surface area (Å²) in [5.74, 6) is -0.0399. The second-order valence-electron chi connectivity index (χ2n) is 8.05. The summed E-state index contributed by atoms with van der Waals surface area (Å²) in [5.41, 5.74) is 5.30. The van der Waals surface area contributed by atoms with E-state index in [2.05, 4.69) is 26.1 Å². The van der Waals surface area contributed by atoms with Crippen LogP contribution in [0.15, 0.2) is 0 Å².